The van der Waals surface area contributed by atoms with E-state index in [4.69, 9.17) is 0 Å². The highest BCUT2D eigenvalue weighted by Gasteiger charge is 2.34. The normalized spacial score (nSPS) is 17.4. The molecule has 0 atom stereocenters. The Morgan fingerprint density at radius 3 is 2.44 bits per heavy atom. The zero-order valence-corrected chi connectivity index (χ0v) is 17.9. The van der Waals surface area contributed by atoms with Crippen molar-refractivity contribution in [2.45, 2.75) is 32.4 Å². The van der Waals surface area contributed by atoms with Crippen molar-refractivity contribution in [3.8, 4) is 5.69 Å². The molecular weight excluding hydrogens is 423 g/mol. The van der Waals surface area contributed by atoms with E-state index in [0.717, 1.165) is 49.6 Å². The van der Waals surface area contributed by atoms with E-state index >= 15 is 0 Å². The van der Waals surface area contributed by atoms with E-state index in [2.05, 4.69) is 22.2 Å². The third kappa shape index (κ3) is 4.95. The third-order valence-corrected chi connectivity index (χ3v) is 5.77. The average Bonchev–Trinajstić information content (AvgIpc) is 3.49. The molecule has 10 heteroatoms. The molecule has 1 saturated heterocycles. The lowest BCUT2D eigenvalue weighted by Gasteiger charge is -2.34. The van der Waals surface area contributed by atoms with Crippen LogP contribution in [0.25, 0.3) is 5.69 Å². The Balaban J connectivity index is 1.62. The number of piperazine rings is 1. The minimum Gasteiger partial charge on any atom is -0.336 e. The van der Waals surface area contributed by atoms with Gasteiger partial charge in [-0.1, -0.05) is 6.92 Å². The zero-order valence-electron chi connectivity index (χ0n) is 17.9. The van der Waals surface area contributed by atoms with Crippen LogP contribution < -0.4 is 5.32 Å². The summed E-state index contributed by atoms with van der Waals surface area (Å²) in [6.45, 7) is 5.67. The van der Waals surface area contributed by atoms with Gasteiger partial charge in [-0.2, -0.15) is 18.3 Å². The number of rotatable bonds is 6. The molecule has 2 aliphatic rings. The molecule has 1 aliphatic carbocycles. The van der Waals surface area contributed by atoms with Crippen molar-refractivity contribution < 1.29 is 22.8 Å². The Morgan fingerprint density at radius 1 is 1.12 bits per heavy atom. The molecular formula is C22H26F3N5O2. The smallest absolute Gasteiger partial charge is 0.336 e. The van der Waals surface area contributed by atoms with Crippen molar-refractivity contribution in [1.82, 2.24) is 19.6 Å². The van der Waals surface area contributed by atoms with Gasteiger partial charge in [0.15, 0.2) is 5.69 Å². The summed E-state index contributed by atoms with van der Waals surface area (Å²) in [6.07, 6.45) is -0.725. The monoisotopic (exact) mass is 449 g/mol. The second-order valence-electron chi connectivity index (χ2n) is 8.27. The third-order valence-electron chi connectivity index (χ3n) is 5.77. The first-order valence-electron chi connectivity index (χ1n) is 10.9. The van der Waals surface area contributed by atoms with E-state index in [-0.39, 0.29) is 29.0 Å². The van der Waals surface area contributed by atoms with Crippen LogP contribution in [0.15, 0.2) is 30.5 Å². The van der Waals surface area contributed by atoms with Gasteiger partial charge < -0.3 is 10.2 Å². The van der Waals surface area contributed by atoms with Gasteiger partial charge in [-0.15, -0.1) is 0 Å². The molecule has 2 fully saturated rings. The van der Waals surface area contributed by atoms with Gasteiger partial charge in [-0.3, -0.25) is 14.5 Å². The van der Waals surface area contributed by atoms with Crippen molar-refractivity contribution in [2.24, 2.45) is 5.92 Å². The first-order valence-corrected chi connectivity index (χ1v) is 10.9. The summed E-state index contributed by atoms with van der Waals surface area (Å²) in [7, 11) is 0. The van der Waals surface area contributed by atoms with Crippen LogP contribution in [-0.4, -0.2) is 64.1 Å². The quantitative estimate of drug-likeness (QED) is 0.734. The van der Waals surface area contributed by atoms with Crippen LogP contribution in [0, 0.1) is 5.92 Å². The number of halogens is 3. The lowest BCUT2D eigenvalue weighted by molar-refractivity contribution is -0.141. The highest BCUT2D eigenvalue weighted by molar-refractivity contribution is 6.00. The minimum atomic E-state index is -4.59. The summed E-state index contributed by atoms with van der Waals surface area (Å²) >= 11 is 0. The Hall–Kier alpha value is -2.88. The van der Waals surface area contributed by atoms with E-state index in [1.54, 1.807) is 17.0 Å². The van der Waals surface area contributed by atoms with Crippen molar-refractivity contribution in [3.05, 3.63) is 41.7 Å². The molecule has 0 spiro atoms. The topological polar surface area (TPSA) is 70.5 Å². The molecule has 1 aromatic carbocycles. The second kappa shape index (κ2) is 8.93. The fourth-order valence-electron chi connectivity index (χ4n) is 3.84. The molecule has 1 N–H and O–H groups in total. The Kier molecular flexibility index (Phi) is 6.23. The predicted molar refractivity (Wildman–Crippen MR) is 113 cm³/mol. The van der Waals surface area contributed by atoms with Crippen molar-refractivity contribution >= 4 is 17.5 Å². The second-order valence-corrected chi connectivity index (χ2v) is 8.27. The van der Waals surface area contributed by atoms with Crippen LogP contribution >= 0.6 is 0 Å². The molecule has 2 amide bonds. The van der Waals surface area contributed by atoms with E-state index in [0.29, 0.717) is 18.8 Å². The molecule has 0 unspecified atom stereocenters. The van der Waals surface area contributed by atoms with Gasteiger partial charge in [0.2, 0.25) is 5.91 Å². The van der Waals surface area contributed by atoms with Crippen LogP contribution in [0.1, 0.15) is 42.2 Å². The number of hydrogen-bond acceptors (Lipinski definition) is 4. The zero-order chi connectivity index (χ0) is 22.9. The number of carbonyl (C=O) groups is 2. The van der Waals surface area contributed by atoms with E-state index in [1.165, 1.54) is 12.3 Å². The number of benzene rings is 1. The maximum Gasteiger partial charge on any atom is 0.435 e. The molecule has 0 radical (unpaired) electrons. The molecule has 1 aromatic heterocycles. The number of alkyl halides is 3. The standard InChI is InChI=1S/C22H26F3N5O2/c1-2-8-28-10-12-29(13-11-28)21(32)17-6-5-16(26-20(31)15-3-4-15)14-18(17)30-9-7-19(27-30)22(23,24)25/h5-7,9,14-15H,2-4,8,10-13H2,1H3,(H,26,31). The van der Waals surface area contributed by atoms with Crippen LogP contribution in [0.5, 0.6) is 0 Å². The van der Waals surface area contributed by atoms with Gasteiger partial charge in [-0.05, 0) is 50.1 Å². The molecule has 1 saturated carbocycles. The maximum absolute atomic E-state index is 13.3. The summed E-state index contributed by atoms with van der Waals surface area (Å²) in [4.78, 5) is 29.4. The fraction of sp³-hybridized carbons (Fsp3) is 0.500. The SMILES string of the molecule is CCCN1CCN(C(=O)c2ccc(NC(=O)C3CC3)cc2-n2ccc(C(F)(F)F)n2)CC1. The van der Waals surface area contributed by atoms with E-state index in [9.17, 15) is 22.8 Å². The van der Waals surface area contributed by atoms with Crippen molar-refractivity contribution in [2.75, 3.05) is 38.0 Å². The van der Waals surface area contributed by atoms with Gasteiger partial charge >= 0.3 is 6.18 Å². The van der Waals surface area contributed by atoms with Gasteiger partial charge in [0.1, 0.15) is 0 Å². The lowest BCUT2D eigenvalue weighted by Crippen LogP contribution is -2.48. The molecule has 2 aromatic rings. The minimum absolute atomic E-state index is 0.0271. The number of nitrogens with one attached hydrogen (secondary N) is 1. The average molecular weight is 449 g/mol. The predicted octanol–water partition coefficient (Wildman–Crippen LogP) is 3.41. The van der Waals surface area contributed by atoms with Crippen molar-refractivity contribution in [1.29, 1.82) is 0 Å². The highest BCUT2D eigenvalue weighted by atomic mass is 19.4. The highest BCUT2D eigenvalue weighted by Crippen LogP contribution is 2.32. The van der Waals surface area contributed by atoms with Crippen LogP contribution in [0.2, 0.25) is 0 Å². The summed E-state index contributed by atoms with van der Waals surface area (Å²) < 4.78 is 40.4. The molecule has 0 bridgehead atoms. The molecule has 2 heterocycles. The van der Waals surface area contributed by atoms with Gasteiger partial charge in [-0.25, -0.2) is 4.68 Å². The molecule has 32 heavy (non-hydrogen) atoms. The lowest BCUT2D eigenvalue weighted by atomic mass is 10.1. The van der Waals surface area contributed by atoms with Crippen LogP contribution in [0.3, 0.4) is 0 Å². The molecule has 1 aliphatic heterocycles. The largest absolute Gasteiger partial charge is 0.435 e. The van der Waals surface area contributed by atoms with Crippen LogP contribution in [-0.2, 0) is 11.0 Å². The number of nitrogens with zero attached hydrogens (tertiary/aromatic N) is 4. The Bertz CT molecular complexity index is 992. The summed E-state index contributed by atoms with van der Waals surface area (Å²) in [5.41, 5.74) is -0.174. The van der Waals surface area contributed by atoms with E-state index in [1.807, 2.05) is 0 Å². The van der Waals surface area contributed by atoms with Gasteiger partial charge in [0, 0.05) is 44.0 Å². The van der Waals surface area contributed by atoms with Crippen molar-refractivity contribution in [3.63, 3.8) is 0 Å². The number of aromatic nitrogens is 2. The number of amides is 2. The van der Waals surface area contributed by atoms with Gasteiger partial charge in [0.25, 0.3) is 5.91 Å². The molecule has 4 rings (SSSR count). The fourth-order valence-corrected chi connectivity index (χ4v) is 3.84. The van der Waals surface area contributed by atoms with Gasteiger partial charge in [0.05, 0.1) is 11.3 Å². The van der Waals surface area contributed by atoms with E-state index < -0.39 is 11.9 Å². The molecule has 7 nitrogen and oxygen atoms in total. The number of anilines is 1. The Labute approximate surface area is 184 Å². The maximum atomic E-state index is 13.3. The number of carbonyl (C=O) groups excluding carboxylic acids is 2. The first-order chi connectivity index (χ1) is 15.3. The summed E-state index contributed by atoms with van der Waals surface area (Å²) in [6, 6.07) is 5.54. The summed E-state index contributed by atoms with van der Waals surface area (Å²) in [5, 5.41) is 6.43. The van der Waals surface area contributed by atoms with Crippen LogP contribution in [0.4, 0.5) is 18.9 Å². The first kappa shape index (κ1) is 22.3. The number of hydrogen-bond donors (Lipinski definition) is 1. The summed E-state index contributed by atoms with van der Waals surface area (Å²) in [5.74, 6) is -0.417. The molecule has 172 valence electrons. The Morgan fingerprint density at radius 2 is 1.84 bits per heavy atom.